The zero-order valence-electron chi connectivity index (χ0n) is 11.6. The molecule has 0 aromatic heterocycles. The molecule has 1 fully saturated rings. The Balaban J connectivity index is 2.40. The topological polar surface area (TPSA) is 110 Å². The van der Waals surface area contributed by atoms with Gasteiger partial charge in [0.05, 0.1) is 18.2 Å². The van der Waals surface area contributed by atoms with Crippen LogP contribution in [0.3, 0.4) is 0 Å². The molecular weight excluding hydrogens is 289 g/mol. The number of amides is 2. The summed E-state index contributed by atoms with van der Waals surface area (Å²) in [5.41, 5.74) is 0. The Bertz CT molecular complexity index is 452. The van der Waals surface area contributed by atoms with E-state index in [-0.39, 0.29) is 25.9 Å². The van der Waals surface area contributed by atoms with Crippen LogP contribution < -0.4 is 0 Å². The summed E-state index contributed by atoms with van der Waals surface area (Å²) >= 11 is 0. The van der Waals surface area contributed by atoms with E-state index in [1.807, 2.05) is 0 Å². The summed E-state index contributed by atoms with van der Waals surface area (Å²) in [5.74, 6) is -2.03. The quantitative estimate of drug-likeness (QED) is 0.595. The number of hydrogen-bond acceptors (Lipinski definition) is 6. The third-order valence-corrected chi connectivity index (χ3v) is 4.85. The van der Waals surface area contributed by atoms with Crippen LogP contribution >= 0.6 is 7.60 Å². The highest BCUT2D eigenvalue weighted by Crippen LogP contribution is 2.54. The van der Waals surface area contributed by atoms with Gasteiger partial charge in [-0.05, 0) is 20.8 Å². The van der Waals surface area contributed by atoms with Crippen molar-refractivity contribution >= 4 is 25.4 Å². The highest BCUT2D eigenvalue weighted by atomic mass is 31.2. The van der Waals surface area contributed by atoms with E-state index in [1.54, 1.807) is 0 Å². The molecule has 0 radical (unpaired) electrons. The normalized spacial score (nSPS) is 19.1. The van der Waals surface area contributed by atoms with Crippen molar-refractivity contribution in [3.8, 4) is 0 Å². The Morgan fingerprint density at radius 3 is 2.25 bits per heavy atom. The summed E-state index contributed by atoms with van der Waals surface area (Å²) in [7, 11) is -3.85. The number of nitrogens with zero attached hydrogens (tertiary/aromatic N) is 1. The minimum Gasteiger partial charge on any atom is -0.330 e. The summed E-state index contributed by atoms with van der Waals surface area (Å²) in [6.45, 7) is 4.27. The van der Waals surface area contributed by atoms with Gasteiger partial charge in [-0.2, -0.15) is 0 Å². The Hall–Kier alpha value is -1.24. The first kappa shape index (κ1) is 16.8. The second-order valence-corrected chi connectivity index (χ2v) is 7.96. The second kappa shape index (κ2) is 6.03. The van der Waals surface area contributed by atoms with Gasteiger partial charge >= 0.3 is 13.6 Å². The summed E-state index contributed by atoms with van der Waals surface area (Å²) in [5, 5.41) is -0.539. The Labute approximate surface area is 116 Å². The molecule has 2 amide bonds. The molecule has 1 aliphatic heterocycles. The van der Waals surface area contributed by atoms with Crippen LogP contribution in [-0.4, -0.2) is 39.5 Å². The molecule has 1 saturated heterocycles. The van der Waals surface area contributed by atoms with Crippen LogP contribution in [0.15, 0.2) is 0 Å². The van der Waals surface area contributed by atoms with Crippen LogP contribution in [0.1, 0.15) is 40.0 Å². The summed E-state index contributed by atoms with van der Waals surface area (Å²) < 4.78 is 16.5. The highest BCUT2D eigenvalue weighted by molar-refractivity contribution is 7.54. The van der Waals surface area contributed by atoms with E-state index in [4.69, 9.17) is 4.52 Å². The highest BCUT2D eigenvalue weighted by Gasteiger charge is 2.36. The van der Waals surface area contributed by atoms with Crippen molar-refractivity contribution < 1.29 is 33.2 Å². The molecule has 9 heteroatoms. The number of rotatable bonds is 5. The van der Waals surface area contributed by atoms with Crippen molar-refractivity contribution in [2.24, 2.45) is 0 Å². The fraction of sp³-hybridized carbons (Fsp3) is 0.727. The predicted octanol–water partition coefficient (Wildman–Crippen LogP) is 0.984. The molecule has 20 heavy (non-hydrogen) atoms. The number of carbonyl (C=O) groups is 3. The third-order valence-electron chi connectivity index (χ3n) is 2.62. The van der Waals surface area contributed by atoms with Gasteiger partial charge in [0, 0.05) is 12.8 Å². The molecule has 1 rings (SSSR count). The van der Waals surface area contributed by atoms with Gasteiger partial charge in [0.2, 0.25) is 0 Å². The van der Waals surface area contributed by atoms with E-state index in [0.717, 1.165) is 0 Å². The molecule has 0 aliphatic carbocycles. The maximum Gasteiger partial charge on any atom is 0.335 e. The van der Waals surface area contributed by atoms with Gasteiger partial charge in [-0.25, -0.2) is 4.79 Å². The van der Waals surface area contributed by atoms with Crippen LogP contribution in [0.5, 0.6) is 0 Å². The molecule has 1 N–H and O–H groups in total. The van der Waals surface area contributed by atoms with E-state index in [0.29, 0.717) is 5.06 Å². The molecule has 0 bridgehead atoms. The predicted molar refractivity (Wildman–Crippen MR) is 67.3 cm³/mol. The molecule has 114 valence electrons. The first-order valence-electron chi connectivity index (χ1n) is 6.08. The molecule has 1 unspecified atom stereocenters. The molecule has 0 aromatic carbocycles. The van der Waals surface area contributed by atoms with Gasteiger partial charge in [-0.1, -0.05) is 0 Å². The van der Waals surface area contributed by atoms with Crippen molar-refractivity contribution in [3.05, 3.63) is 0 Å². The van der Waals surface area contributed by atoms with Gasteiger partial charge in [0.15, 0.2) is 0 Å². The fourth-order valence-electron chi connectivity index (χ4n) is 1.25. The van der Waals surface area contributed by atoms with Crippen molar-refractivity contribution in [2.45, 2.75) is 45.2 Å². The largest absolute Gasteiger partial charge is 0.335 e. The van der Waals surface area contributed by atoms with E-state index >= 15 is 0 Å². The number of hydrogen-bond donors (Lipinski definition) is 1. The van der Waals surface area contributed by atoms with Crippen LogP contribution in [-0.2, 0) is 28.3 Å². The molecule has 0 spiro atoms. The lowest BCUT2D eigenvalue weighted by molar-refractivity contribution is -0.197. The molecule has 1 atom stereocenters. The summed E-state index contributed by atoms with van der Waals surface area (Å²) in [6.07, 6.45) is -0.311. The van der Waals surface area contributed by atoms with Gasteiger partial charge in [-0.3, -0.25) is 14.2 Å². The van der Waals surface area contributed by atoms with Crippen LogP contribution in [0, 0.1) is 0 Å². The minimum atomic E-state index is -3.85. The van der Waals surface area contributed by atoms with E-state index < -0.39 is 30.5 Å². The Morgan fingerprint density at radius 2 is 1.80 bits per heavy atom. The van der Waals surface area contributed by atoms with Gasteiger partial charge in [-0.15, -0.1) is 5.06 Å². The molecule has 1 aliphatic rings. The molecule has 0 aromatic rings. The van der Waals surface area contributed by atoms with E-state index in [2.05, 4.69) is 4.84 Å². The molecular formula is C11H18NO7P. The van der Waals surface area contributed by atoms with Gasteiger partial charge in [0.1, 0.15) is 0 Å². The van der Waals surface area contributed by atoms with Crippen molar-refractivity contribution in [1.29, 1.82) is 0 Å². The molecule has 0 saturated carbocycles. The Kier molecular flexibility index (Phi) is 5.07. The zero-order chi connectivity index (χ0) is 15.6. The number of carbonyl (C=O) groups excluding carboxylic acids is 3. The van der Waals surface area contributed by atoms with Crippen LogP contribution in [0.2, 0.25) is 0 Å². The maximum atomic E-state index is 11.7. The van der Waals surface area contributed by atoms with E-state index in [9.17, 15) is 23.8 Å². The SMILES string of the molecule is CC(C)(C)P(=O)(O)OCCC(=O)ON1C(=O)CCC1=O. The van der Waals surface area contributed by atoms with Crippen molar-refractivity contribution in [3.63, 3.8) is 0 Å². The fourth-order valence-corrected chi connectivity index (χ4v) is 1.98. The number of hydroxylamine groups is 2. The second-order valence-electron chi connectivity index (χ2n) is 5.32. The van der Waals surface area contributed by atoms with E-state index in [1.165, 1.54) is 20.8 Å². The summed E-state index contributed by atoms with van der Waals surface area (Å²) in [6, 6.07) is 0. The summed E-state index contributed by atoms with van der Waals surface area (Å²) in [4.78, 5) is 48.0. The zero-order valence-corrected chi connectivity index (χ0v) is 12.5. The van der Waals surface area contributed by atoms with Crippen LogP contribution in [0.25, 0.3) is 0 Å². The van der Waals surface area contributed by atoms with Gasteiger partial charge < -0.3 is 14.3 Å². The first-order chi connectivity index (χ1) is 9.04. The van der Waals surface area contributed by atoms with Crippen LogP contribution in [0.4, 0.5) is 0 Å². The lowest BCUT2D eigenvalue weighted by Gasteiger charge is -2.24. The number of imide groups is 1. The van der Waals surface area contributed by atoms with Gasteiger partial charge in [0.25, 0.3) is 11.8 Å². The average Bonchev–Trinajstić information content (AvgIpc) is 2.59. The first-order valence-corrected chi connectivity index (χ1v) is 7.66. The van der Waals surface area contributed by atoms with Crippen molar-refractivity contribution in [2.75, 3.05) is 6.61 Å². The lowest BCUT2D eigenvalue weighted by atomic mass is 10.3. The molecule has 1 heterocycles. The smallest absolute Gasteiger partial charge is 0.330 e. The molecule has 8 nitrogen and oxygen atoms in total. The Morgan fingerprint density at radius 1 is 1.30 bits per heavy atom. The average molecular weight is 307 g/mol. The monoisotopic (exact) mass is 307 g/mol. The van der Waals surface area contributed by atoms with Crippen molar-refractivity contribution in [1.82, 2.24) is 5.06 Å². The standard InChI is InChI=1S/C11H18NO7P/c1-11(2,3)20(16,17)18-7-6-10(15)19-12-8(13)4-5-9(12)14/h4-7H2,1-3H3,(H,16,17). The lowest BCUT2D eigenvalue weighted by Crippen LogP contribution is -2.32. The third kappa shape index (κ3) is 4.13. The minimum absolute atomic E-state index is 0.0124. The maximum absolute atomic E-state index is 11.7.